The monoisotopic (exact) mass is 578 g/mol. The van der Waals surface area contributed by atoms with Gasteiger partial charge in [0.05, 0.1) is 16.8 Å². The summed E-state index contributed by atoms with van der Waals surface area (Å²) in [4.78, 5) is 66.5. The van der Waals surface area contributed by atoms with Gasteiger partial charge in [-0.05, 0) is 12.1 Å². The van der Waals surface area contributed by atoms with Gasteiger partial charge in [-0.2, -0.15) is 0 Å². The van der Waals surface area contributed by atoms with Gasteiger partial charge in [0.15, 0.2) is 12.2 Å². The Bertz CT molecular complexity index is 1490. The van der Waals surface area contributed by atoms with Crippen LogP contribution in [-0.4, -0.2) is 72.0 Å². The van der Waals surface area contributed by atoms with Crippen LogP contribution in [0.5, 0.6) is 0 Å². The second kappa shape index (κ2) is 13.2. The Hall–Kier alpha value is -4.84. The van der Waals surface area contributed by atoms with Crippen molar-refractivity contribution in [1.29, 1.82) is 0 Å². The average Bonchev–Trinajstić information content (AvgIpc) is 2.94. The minimum absolute atomic E-state index is 0.230. The molecule has 1 aliphatic heterocycles. The molecule has 0 unspecified atom stereocenters. The summed E-state index contributed by atoms with van der Waals surface area (Å²) in [5, 5.41) is 3.29. The zero-order chi connectivity index (χ0) is 30.4. The highest BCUT2D eigenvalue weighted by atomic mass is 16.7. The first-order valence-electron chi connectivity index (χ1n) is 13.1. The summed E-state index contributed by atoms with van der Waals surface area (Å²) < 4.78 is 27.3. The van der Waals surface area contributed by atoms with Crippen LogP contribution in [0.25, 0.3) is 22.2 Å². The largest absolute Gasteiger partial charge is 0.463 e. The lowest BCUT2D eigenvalue weighted by Crippen LogP contribution is -2.67. The van der Waals surface area contributed by atoms with E-state index in [0.29, 0.717) is 16.6 Å². The number of esters is 4. The smallest absolute Gasteiger partial charge is 0.305 e. The molecule has 0 spiro atoms. The van der Waals surface area contributed by atoms with Crippen molar-refractivity contribution in [2.75, 3.05) is 6.61 Å². The number of pyridine rings is 1. The third-order valence-corrected chi connectivity index (χ3v) is 6.31. The molecule has 1 N–H and O–H groups in total. The molecule has 220 valence electrons. The molecule has 42 heavy (non-hydrogen) atoms. The summed E-state index contributed by atoms with van der Waals surface area (Å²) in [6.45, 7) is 4.14. The van der Waals surface area contributed by atoms with Crippen molar-refractivity contribution >= 4 is 40.7 Å². The van der Waals surface area contributed by atoms with Gasteiger partial charge in [0, 0.05) is 38.6 Å². The van der Waals surface area contributed by atoms with Gasteiger partial charge in [0.25, 0.3) is 5.91 Å². The number of hydrogen-bond acceptors (Lipinski definition) is 11. The minimum atomic E-state index is -1.51. The van der Waals surface area contributed by atoms with Gasteiger partial charge in [-0.25, -0.2) is 4.98 Å². The number of hydrogen-bond donors (Lipinski definition) is 1. The predicted molar refractivity (Wildman–Crippen MR) is 147 cm³/mol. The maximum atomic E-state index is 13.9. The van der Waals surface area contributed by atoms with Crippen LogP contribution in [0.2, 0.25) is 0 Å². The van der Waals surface area contributed by atoms with E-state index in [2.05, 4.69) is 5.32 Å². The molecular formula is C30H30N2O10. The molecule has 0 radical (unpaired) electrons. The van der Waals surface area contributed by atoms with Crippen LogP contribution in [-0.2, 0) is 42.9 Å². The van der Waals surface area contributed by atoms with E-state index in [-0.39, 0.29) is 5.56 Å². The number of para-hydroxylation sites is 1. The summed E-state index contributed by atoms with van der Waals surface area (Å²) in [6.07, 6.45) is -5.44. The van der Waals surface area contributed by atoms with Gasteiger partial charge >= 0.3 is 23.9 Å². The van der Waals surface area contributed by atoms with Crippen molar-refractivity contribution in [2.45, 2.75) is 58.3 Å². The van der Waals surface area contributed by atoms with Gasteiger partial charge in [-0.15, -0.1) is 0 Å². The van der Waals surface area contributed by atoms with Crippen LogP contribution >= 0.6 is 0 Å². The van der Waals surface area contributed by atoms with E-state index in [0.717, 1.165) is 26.3 Å². The molecule has 2 aromatic carbocycles. The molecule has 0 aliphatic carbocycles. The summed E-state index contributed by atoms with van der Waals surface area (Å²) in [7, 11) is 0. The molecule has 1 fully saturated rings. The van der Waals surface area contributed by atoms with E-state index < -0.39 is 67.0 Å². The highest BCUT2D eigenvalue weighted by Gasteiger charge is 2.52. The molecule has 2 heterocycles. The normalized spacial score (nSPS) is 21.6. The van der Waals surface area contributed by atoms with Gasteiger partial charge in [0.1, 0.15) is 18.8 Å². The van der Waals surface area contributed by atoms with Crippen LogP contribution < -0.4 is 5.32 Å². The lowest BCUT2D eigenvalue weighted by molar-refractivity contribution is -0.270. The second-order valence-electron chi connectivity index (χ2n) is 9.54. The number of nitrogens with zero attached hydrogens (tertiary/aromatic N) is 1. The van der Waals surface area contributed by atoms with E-state index in [1.54, 1.807) is 30.3 Å². The maximum absolute atomic E-state index is 13.9. The predicted octanol–water partition coefficient (Wildman–Crippen LogP) is 2.71. The minimum Gasteiger partial charge on any atom is -0.463 e. The maximum Gasteiger partial charge on any atom is 0.305 e. The number of carbonyl (C=O) groups is 5. The molecule has 4 rings (SSSR count). The first-order valence-corrected chi connectivity index (χ1v) is 13.1. The SMILES string of the molecule is CC(=O)OC[C@@H]1O[C@H](OC(C)=O)[C@H](NC(=O)c2cc(-c3ccccc3)nc3ccccc23)[C@@H](OC(C)=O)[C@@H]1OC(C)=O. The number of carbonyl (C=O) groups excluding carboxylic acids is 5. The molecular weight excluding hydrogens is 548 g/mol. The molecule has 1 amide bonds. The number of ether oxygens (including phenoxy) is 5. The van der Waals surface area contributed by atoms with E-state index in [1.807, 2.05) is 30.3 Å². The average molecular weight is 579 g/mol. The summed E-state index contributed by atoms with van der Waals surface area (Å²) in [5.41, 5.74) is 2.09. The number of fused-ring (bicyclic) bond motifs is 1. The van der Waals surface area contributed by atoms with Gasteiger partial charge in [-0.3, -0.25) is 24.0 Å². The summed E-state index contributed by atoms with van der Waals surface area (Å²) >= 11 is 0. The first kappa shape index (κ1) is 30.1. The van der Waals surface area contributed by atoms with Crippen molar-refractivity contribution in [3.05, 3.63) is 66.2 Å². The van der Waals surface area contributed by atoms with E-state index in [4.69, 9.17) is 28.7 Å². The van der Waals surface area contributed by atoms with E-state index in [9.17, 15) is 24.0 Å². The van der Waals surface area contributed by atoms with E-state index >= 15 is 0 Å². The zero-order valence-electron chi connectivity index (χ0n) is 23.4. The Morgan fingerprint density at radius 2 is 1.40 bits per heavy atom. The third-order valence-electron chi connectivity index (χ3n) is 6.31. The number of rotatable bonds is 8. The molecule has 5 atom stereocenters. The molecule has 0 saturated carbocycles. The second-order valence-corrected chi connectivity index (χ2v) is 9.54. The fraction of sp³-hybridized carbons (Fsp3) is 0.333. The van der Waals surface area contributed by atoms with Crippen molar-refractivity contribution in [1.82, 2.24) is 10.3 Å². The molecule has 12 nitrogen and oxygen atoms in total. The lowest BCUT2D eigenvalue weighted by Gasteiger charge is -2.44. The zero-order valence-corrected chi connectivity index (χ0v) is 23.4. The number of amides is 1. The van der Waals surface area contributed by atoms with Crippen molar-refractivity contribution < 1.29 is 47.7 Å². The number of nitrogens with one attached hydrogen (secondary N) is 1. The fourth-order valence-electron chi connectivity index (χ4n) is 4.67. The standard InChI is InChI=1S/C30H30N2O10/c1-16(33)38-15-25-27(39-17(2)34)28(40-18(3)35)26(30(42-25)41-19(4)36)32-29(37)22-14-24(20-10-6-5-7-11-20)31-23-13-9-8-12-21(22)23/h5-14,25-28,30H,15H2,1-4H3,(H,32,37)/t25-,26+,27+,28+,30-/m0/s1. The summed E-state index contributed by atoms with van der Waals surface area (Å²) in [5.74, 6) is -3.57. The number of benzene rings is 2. The Morgan fingerprint density at radius 1 is 0.786 bits per heavy atom. The number of aromatic nitrogens is 1. The Kier molecular flexibility index (Phi) is 9.48. The van der Waals surface area contributed by atoms with Gasteiger partial charge in [-0.1, -0.05) is 48.5 Å². The van der Waals surface area contributed by atoms with Crippen molar-refractivity contribution in [3.63, 3.8) is 0 Å². The van der Waals surface area contributed by atoms with Crippen LogP contribution in [0, 0.1) is 0 Å². The van der Waals surface area contributed by atoms with Crippen LogP contribution in [0.15, 0.2) is 60.7 Å². The van der Waals surface area contributed by atoms with Crippen molar-refractivity contribution in [2.24, 2.45) is 0 Å². The van der Waals surface area contributed by atoms with Gasteiger partial charge in [0.2, 0.25) is 6.29 Å². The Labute approximate surface area is 241 Å². The highest BCUT2D eigenvalue weighted by Crippen LogP contribution is 2.30. The fourth-order valence-corrected chi connectivity index (χ4v) is 4.67. The molecule has 3 aromatic rings. The third kappa shape index (κ3) is 7.26. The van der Waals surface area contributed by atoms with Gasteiger partial charge < -0.3 is 29.0 Å². The first-order chi connectivity index (χ1) is 20.0. The van der Waals surface area contributed by atoms with Crippen molar-refractivity contribution in [3.8, 4) is 11.3 Å². The molecule has 1 aromatic heterocycles. The molecule has 12 heteroatoms. The van der Waals surface area contributed by atoms with E-state index in [1.165, 1.54) is 6.92 Å². The van der Waals surface area contributed by atoms with Crippen LogP contribution in [0.4, 0.5) is 0 Å². The lowest BCUT2D eigenvalue weighted by atomic mass is 9.95. The molecule has 1 aliphatic rings. The summed E-state index contributed by atoms with van der Waals surface area (Å²) in [6, 6.07) is 16.6. The Morgan fingerprint density at radius 3 is 2.05 bits per heavy atom. The molecule has 1 saturated heterocycles. The molecule has 0 bridgehead atoms. The quantitative estimate of drug-likeness (QED) is 0.310. The van der Waals surface area contributed by atoms with Crippen LogP contribution in [0.3, 0.4) is 0 Å². The van der Waals surface area contributed by atoms with Crippen LogP contribution in [0.1, 0.15) is 38.1 Å². The topological polar surface area (TPSA) is 156 Å². The Balaban J connectivity index is 1.78. The highest BCUT2D eigenvalue weighted by molar-refractivity contribution is 6.07.